The average Bonchev–Trinajstić information content (AvgIpc) is 3.38. The number of likely N-dealkylation sites (N-methyl/N-ethyl adjacent to an activating group) is 1. The Bertz CT molecular complexity index is 833. The van der Waals surface area contributed by atoms with E-state index in [0.29, 0.717) is 38.5 Å². The molecular formula is C20H22N2O5. The first-order valence-electron chi connectivity index (χ1n) is 9.11. The molecule has 1 aromatic heterocycles. The van der Waals surface area contributed by atoms with Crippen molar-refractivity contribution < 1.29 is 23.5 Å². The Morgan fingerprint density at radius 1 is 1.19 bits per heavy atom. The Morgan fingerprint density at radius 3 is 2.78 bits per heavy atom. The van der Waals surface area contributed by atoms with E-state index in [-0.39, 0.29) is 17.6 Å². The summed E-state index contributed by atoms with van der Waals surface area (Å²) in [5.41, 5.74) is 0.956. The first-order chi connectivity index (χ1) is 13.1. The van der Waals surface area contributed by atoms with Crippen LogP contribution in [0.4, 0.5) is 0 Å². The minimum absolute atomic E-state index is 0.0673. The number of furan rings is 1. The lowest BCUT2D eigenvalue weighted by atomic mass is 10.1. The molecule has 2 aromatic rings. The van der Waals surface area contributed by atoms with Crippen LogP contribution in [-0.4, -0.2) is 54.5 Å². The molecular weight excluding hydrogens is 348 g/mol. The van der Waals surface area contributed by atoms with Gasteiger partial charge in [0.05, 0.1) is 6.26 Å². The number of carbonyl (C=O) groups excluding carboxylic acids is 2. The minimum atomic E-state index is -0.454. The lowest BCUT2D eigenvalue weighted by molar-refractivity contribution is -0.134. The second kappa shape index (κ2) is 7.34. The normalized spacial score (nSPS) is 18.4. The number of benzene rings is 1. The first kappa shape index (κ1) is 17.5. The Balaban J connectivity index is 1.44. The fraction of sp³-hybridized carbons (Fsp3) is 0.400. The molecule has 0 spiro atoms. The van der Waals surface area contributed by atoms with Crippen molar-refractivity contribution >= 4 is 11.8 Å². The van der Waals surface area contributed by atoms with Crippen molar-refractivity contribution in [3.63, 3.8) is 0 Å². The van der Waals surface area contributed by atoms with Gasteiger partial charge in [0.1, 0.15) is 19.3 Å². The van der Waals surface area contributed by atoms with E-state index in [4.69, 9.17) is 13.9 Å². The number of hydrogen-bond acceptors (Lipinski definition) is 5. The van der Waals surface area contributed by atoms with E-state index in [1.54, 1.807) is 29.0 Å². The summed E-state index contributed by atoms with van der Waals surface area (Å²) in [7, 11) is 1.76. The predicted molar refractivity (Wildman–Crippen MR) is 96.7 cm³/mol. The third-order valence-corrected chi connectivity index (χ3v) is 4.93. The number of rotatable bonds is 4. The van der Waals surface area contributed by atoms with E-state index < -0.39 is 6.04 Å². The van der Waals surface area contributed by atoms with E-state index in [0.717, 1.165) is 17.7 Å². The second-order valence-corrected chi connectivity index (χ2v) is 6.81. The van der Waals surface area contributed by atoms with E-state index in [1.165, 1.54) is 6.26 Å². The predicted octanol–water partition coefficient (Wildman–Crippen LogP) is 2.31. The monoisotopic (exact) mass is 370 g/mol. The van der Waals surface area contributed by atoms with E-state index in [2.05, 4.69) is 0 Å². The van der Waals surface area contributed by atoms with Gasteiger partial charge in [0.2, 0.25) is 5.91 Å². The molecule has 4 rings (SSSR count). The van der Waals surface area contributed by atoms with Crippen LogP contribution in [0.5, 0.6) is 11.5 Å². The van der Waals surface area contributed by atoms with Gasteiger partial charge in [0, 0.05) is 20.1 Å². The highest BCUT2D eigenvalue weighted by Crippen LogP contribution is 2.31. The largest absolute Gasteiger partial charge is 0.486 e. The fourth-order valence-corrected chi connectivity index (χ4v) is 3.60. The van der Waals surface area contributed by atoms with Crippen molar-refractivity contribution in [1.82, 2.24) is 9.80 Å². The summed E-state index contributed by atoms with van der Waals surface area (Å²) in [5.74, 6) is 1.40. The fourth-order valence-electron chi connectivity index (χ4n) is 3.60. The highest BCUT2D eigenvalue weighted by Gasteiger charge is 2.37. The lowest BCUT2D eigenvalue weighted by Gasteiger charge is -2.28. The third kappa shape index (κ3) is 3.49. The van der Waals surface area contributed by atoms with Gasteiger partial charge in [0.25, 0.3) is 5.91 Å². The van der Waals surface area contributed by atoms with Crippen LogP contribution < -0.4 is 9.47 Å². The molecule has 3 heterocycles. The number of carbonyl (C=O) groups is 2. The van der Waals surface area contributed by atoms with Gasteiger partial charge in [-0.05, 0) is 42.7 Å². The van der Waals surface area contributed by atoms with Gasteiger partial charge in [-0.1, -0.05) is 6.07 Å². The molecule has 2 aliphatic rings. The summed E-state index contributed by atoms with van der Waals surface area (Å²) in [6.45, 7) is 2.08. The van der Waals surface area contributed by atoms with Gasteiger partial charge >= 0.3 is 0 Å². The van der Waals surface area contributed by atoms with Crippen LogP contribution in [0.1, 0.15) is 29.0 Å². The Kier molecular flexibility index (Phi) is 4.75. The van der Waals surface area contributed by atoms with Gasteiger partial charge in [-0.25, -0.2) is 0 Å². The topological polar surface area (TPSA) is 72.2 Å². The minimum Gasteiger partial charge on any atom is -0.486 e. The second-order valence-electron chi connectivity index (χ2n) is 6.81. The van der Waals surface area contributed by atoms with E-state index in [9.17, 15) is 9.59 Å². The molecule has 27 heavy (non-hydrogen) atoms. The smallest absolute Gasteiger partial charge is 0.290 e. The van der Waals surface area contributed by atoms with Crippen molar-refractivity contribution in [2.24, 2.45) is 0 Å². The third-order valence-electron chi connectivity index (χ3n) is 4.93. The molecule has 1 unspecified atom stereocenters. The molecule has 0 aliphatic carbocycles. The molecule has 7 heteroatoms. The number of amides is 2. The summed E-state index contributed by atoms with van der Waals surface area (Å²) in [6, 6.07) is 8.54. The van der Waals surface area contributed by atoms with Crippen molar-refractivity contribution in [2.75, 3.05) is 26.8 Å². The molecule has 2 aliphatic heterocycles. The van der Waals surface area contributed by atoms with Gasteiger partial charge in [-0.2, -0.15) is 0 Å². The summed E-state index contributed by atoms with van der Waals surface area (Å²) < 4.78 is 16.3. The maximum Gasteiger partial charge on any atom is 0.290 e. The van der Waals surface area contributed by atoms with E-state index in [1.807, 2.05) is 18.2 Å². The van der Waals surface area contributed by atoms with Gasteiger partial charge in [-0.15, -0.1) is 0 Å². The maximum absolute atomic E-state index is 13.0. The number of fused-ring (bicyclic) bond motifs is 1. The lowest BCUT2D eigenvalue weighted by Crippen LogP contribution is -2.46. The van der Waals surface area contributed by atoms with Gasteiger partial charge in [0.15, 0.2) is 17.3 Å². The zero-order valence-electron chi connectivity index (χ0n) is 15.2. The molecule has 0 N–H and O–H groups in total. The molecule has 1 aromatic carbocycles. The zero-order chi connectivity index (χ0) is 18.8. The van der Waals surface area contributed by atoms with Crippen LogP contribution in [-0.2, 0) is 11.3 Å². The Labute approximate surface area is 157 Å². The van der Waals surface area contributed by atoms with Crippen LogP contribution in [0.2, 0.25) is 0 Å². The van der Waals surface area contributed by atoms with Crippen molar-refractivity contribution in [3.8, 4) is 11.5 Å². The summed E-state index contributed by atoms with van der Waals surface area (Å²) in [5, 5.41) is 0. The molecule has 142 valence electrons. The van der Waals surface area contributed by atoms with Crippen LogP contribution in [0.3, 0.4) is 0 Å². The number of likely N-dealkylation sites (tertiary alicyclic amines) is 1. The summed E-state index contributed by atoms with van der Waals surface area (Å²) in [6.07, 6.45) is 2.94. The van der Waals surface area contributed by atoms with Gasteiger partial charge in [-0.3, -0.25) is 9.59 Å². The van der Waals surface area contributed by atoms with Crippen LogP contribution in [0.25, 0.3) is 0 Å². The van der Waals surface area contributed by atoms with Crippen LogP contribution in [0, 0.1) is 0 Å². The van der Waals surface area contributed by atoms with Crippen molar-refractivity contribution in [3.05, 3.63) is 47.9 Å². The van der Waals surface area contributed by atoms with Crippen molar-refractivity contribution in [1.29, 1.82) is 0 Å². The number of ether oxygens (including phenoxy) is 2. The molecule has 2 amide bonds. The number of hydrogen-bond donors (Lipinski definition) is 0. The molecule has 0 radical (unpaired) electrons. The molecule has 1 fully saturated rings. The summed E-state index contributed by atoms with van der Waals surface area (Å²) >= 11 is 0. The molecule has 7 nitrogen and oxygen atoms in total. The first-order valence-corrected chi connectivity index (χ1v) is 9.11. The Hall–Kier alpha value is -2.96. The molecule has 1 saturated heterocycles. The van der Waals surface area contributed by atoms with Gasteiger partial charge < -0.3 is 23.7 Å². The molecule has 0 saturated carbocycles. The van der Waals surface area contributed by atoms with Crippen molar-refractivity contribution in [2.45, 2.75) is 25.4 Å². The number of nitrogens with zero attached hydrogens (tertiary/aromatic N) is 2. The van der Waals surface area contributed by atoms with Crippen LogP contribution in [0.15, 0.2) is 41.0 Å². The standard InChI is InChI=1S/C20H22N2O5/c1-21(13-14-6-7-16-18(12-14)27-11-10-26-16)19(23)15-4-2-8-22(15)20(24)17-5-3-9-25-17/h3,5-7,9,12,15H,2,4,8,10-11,13H2,1H3. The molecule has 0 bridgehead atoms. The van der Waals surface area contributed by atoms with Crippen LogP contribution >= 0.6 is 0 Å². The quantitative estimate of drug-likeness (QED) is 0.826. The SMILES string of the molecule is CN(Cc1ccc2c(c1)OCCO2)C(=O)C1CCCN1C(=O)c1ccco1. The van der Waals surface area contributed by atoms with E-state index >= 15 is 0 Å². The highest BCUT2D eigenvalue weighted by atomic mass is 16.6. The maximum atomic E-state index is 13.0. The average molecular weight is 370 g/mol. The zero-order valence-corrected chi connectivity index (χ0v) is 15.2. The summed E-state index contributed by atoms with van der Waals surface area (Å²) in [4.78, 5) is 28.8. The Morgan fingerprint density at radius 2 is 2.00 bits per heavy atom. The highest BCUT2D eigenvalue weighted by molar-refractivity contribution is 5.95. The molecule has 1 atom stereocenters.